The Hall–Kier alpha value is -1.70. The van der Waals surface area contributed by atoms with Crippen molar-refractivity contribution in [2.45, 2.75) is 13.3 Å². The maximum atomic E-state index is 9.86. The van der Waals surface area contributed by atoms with Crippen molar-refractivity contribution in [2.24, 2.45) is 0 Å². The molecule has 2 N–H and O–H groups in total. The third-order valence-corrected chi connectivity index (χ3v) is 2.45. The van der Waals surface area contributed by atoms with E-state index in [1.165, 1.54) is 0 Å². The van der Waals surface area contributed by atoms with E-state index in [9.17, 15) is 10.2 Å². The van der Waals surface area contributed by atoms with Gasteiger partial charge in [-0.15, -0.1) is 0 Å². The average molecular weight is 188 g/mol. The van der Waals surface area contributed by atoms with Gasteiger partial charge in [-0.25, -0.2) is 0 Å². The first-order valence-electron chi connectivity index (χ1n) is 4.66. The third kappa shape index (κ3) is 1.20. The molecule has 2 aromatic rings. The highest BCUT2D eigenvalue weighted by atomic mass is 16.3. The fourth-order valence-electron chi connectivity index (χ4n) is 1.67. The molecule has 0 aliphatic carbocycles. The van der Waals surface area contributed by atoms with E-state index in [0.29, 0.717) is 17.2 Å². The van der Waals surface area contributed by atoms with Crippen LogP contribution in [-0.4, -0.2) is 10.2 Å². The second-order valence-electron chi connectivity index (χ2n) is 3.30. The zero-order valence-corrected chi connectivity index (χ0v) is 7.99. The molecular formula is C12H12O2. The van der Waals surface area contributed by atoms with Crippen molar-refractivity contribution in [3.63, 3.8) is 0 Å². The monoisotopic (exact) mass is 188 g/mol. The number of aromatic hydroxyl groups is 2. The highest BCUT2D eigenvalue weighted by Gasteiger charge is 2.08. The minimum absolute atomic E-state index is 0.232. The summed E-state index contributed by atoms with van der Waals surface area (Å²) in [4.78, 5) is 0. The summed E-state index contributed by atoms with van der Waals surface area (Å²) in [5.74, 6) is 0.510. The first kappa shape index (κ1) is 8.88. The molecule has 0 aliphatic rings. The Balaban J connectivity index is 2.87. The summed E-state index contributed by atoms with van der Waals surface area (Å²) in [6, 6.07) is 8.92. The summed E-state index contributed by atoms with van der Waals surface area (Å²) in [5.41, 5.74) is 0.779. The number of fused-ring (bicyclic) bond motifs is 1. The molecule has 0 aliphatic heterocycles. The zero-order valence-electron chi connectivity index (χ0n) is 7.99. The van der Waals surface area contributed by atoms with E-state index in [1.54, 1.807) is 12.1 Å². The SMILES string of the molecule is CCc1cc(O)c2ccccc2c1O. The van der Waals surface area contributed by atoms with E-state index in [0.717, 1.165) is 5.56 Å². The van der Waals surface area contributed by atoms with Crippen molar-refractivity contribution in [1.29, 1.82) is 0 Å². The van der Waals surface area contributed by atoms with Crippen molar-refractivity contribution in [3.8, 4) is 11.5 Å². The standard InChI is InChI=1S/C12H12O2/c1-2-8-7-11(13)9-5-3-4-6-10(9)12(8)14/h3-7,13-14H,2H2,1H3. The minimum Gasteiger partial charge on any atom is -0.507 e. The predicted octanol–water partition coefficient (Wildman–Crippen LogP) is 2.81. The Kier molecular flexibility index (Phi) is 2.04. The molecule has 14 heavy (non-hydrogen) atoms. The number of benzene rings is 2. The molecule has 0 unspecified atom stereocenters. The van der Waals surface area contributed by atoms with E-state index in [1.807, 2.05) is 25.1 Å². The molecule has 2 heteroatoms. The van der Waals surface area contributed by atoms with Crippen LogP contribution in [-0.2, 0) is 6.42 Å². The Morgan fingerprint density at radius 2 is 1.71 bits per heavy atom. The van der Waals surface area contributed by atoms with Crippen LogP contribution in [0.25, 0.3) is 10.8 Å². The van der Waals surface area contributed by atoms with Gasteiger partial charge in [0.05, 0.1) is 0 Å². The Labute approximate surface area is 82.4 Å². The number of hydrogen-bond donors (Lipinski definition) is 2. The molecule has 0 saturated heterocycles. The summed E-state index contributed by atoms with van der Waals surface area (Å²) < 4.78 is 0. The molecule has 0 fully saturated rings. The first-order valence-corrected chi connectivity index (χ1v) is 4.66. The second-order valence-corrected chi connectivity index (χ2v) is 3.30. The van der Waals surface area contributed by atoms with Crippen LogP contribution in [0.2, 0.25) is 0 Å². The van der Waals surface area contributed by atoms with Gasteiger partial charge in [-0.05, 0) is 18.1 Å². The van der Waals surface area contributed by atoms with Crippen molar-refractivity contribution in [3.05, 3.63) is 35.9 Å². The Bertz CT molecular complexity index is 475. The molecule has 0 spiro atoms. The molecule has 0 heterocycles. The van der Waals surface area contributed by atoms with Crippen molar-refractivity contribution < 1.29 is 10.2 Å². The highest BCUT2D eigenvalue weighted by molar-refractivity contribution is 5.93. The van der Waals surface area contributed by atoms with Crippen molar-refractivity contribution in [1.82, 2.24) is 0 Å². The van der Waals surface area contributed by atoms with Crippen LogP contribution in [0.15, 0.2) is 30.3 Å². The van der Waals surface area contributed by atoms with Gasteiger partial charge in [-0.3, -0.25) is 0 Å². The molecule has 2 rings (SSSR count). The maximum absolute atomic E-state index is 9.86. The number of phenols is 2. The third-order valence-electron chi connectivity index (χ3n) is 2.45. The molecule has 0 aromatic heterocycles. The smallest absolute Gasteiger partial charge is 0.126 e. The Morgan fingerprint density at radius 3 is 2.36 bits per heavy atom. The number of phenolic OH excluding ortho intramolecular Hbond substituents is 2. The van der Waals surface area contributed by atoms with Crippen LogP contribution in [0.5, 0.6) is 11.5 Å². The summed E-state index contributed by atoms with van der Waals surface area (Å²) in [6.07, 6.45) is 0.713. The summed E-state index contributed by atoms with van der Waals surface area (Å²) in [7, 11) is 0. The molecule has 2 aromatic carbocycles. The van der Waals surface area contributed by atoms with Crippen LogP contribution in [0.4, 0.5) is 0 Å². The lowest BCUT2D eigenvalue weighted by Crippen LogP contribution is -1.84. The maximum Gasteiger partial charge on any atom is 0.126 e. The van der Waals surface area contributed by atoms with Gasteiger partial charge in [0, 0.05) is 10.8 Å². The number of aryl methyl sites for hydroxylation is 1. The van der Waals surface area contributed by atoms with E-state index in [2.05, 4.69) is 0 Å². The van der Waals surface area contributed by atoms with Gasteiger partial charge in [-0.1, -0.05) is 31.2 Å². The average Bonchev–Trinajstić information content (AvgIpc) is 2.23. The van der Waals surface area contributed by atoms with Crippen LogP contribution in [0, 0.1) is 0 Å². The van der Waals surface area contributed by atoms with Gasteiger partial charge in [0.15, 0.2) is 0 Å². The minimum atomic E-state index is 0.232. The normalized spacial score (nSPS) is 10.6. The van der Waals surface area contributed by atoms with E-state index >= 15 is 0 Å². The topological polar surface area (TPSA) is 40.5 Å². The molecule has 2 nitrogen and oxygen atoms in total. The van der Waals surface area contributed by atoms with Crippen LogP contribution in [0.3, 0.4) is 0 Å². The number of rotatable bonds is 1. The lowest BCUT2D eigenvalue weighted by molar-refractivity contribution is 0.464. The largest absolute Gasteiger partial charge is 0.507 e. The van der Waals surface area contributed by atoms with E-state index in [4.69, 9.17) is 0 Å². The van der Waals surface area contributed by atoms with E-state index in [-0.39, 0.29) is 11.5 Å². The highest BCUT2D eigenvalue weighted by Crippen LogP contribution is 2.35. The molecule has 0 saturated carbocycles. The zero-order chi connectivity index (χ0) is 10.1. The van der Waals surface area contributed by atoms with Gasteiger partial charge in [0.2, 0.25) is 0 Å². The molecule has 0 radical (unpaired) electrons. The fourth-order valence-corrected chi connectivity index (χ4v) is 1.67. The van der Waals surface area contributed by atoms with Crippen LogP contribution >= 0.6 is 0 Å². The van der Waals surface area contributed by atoms with Gasteiger partial charge in [0.1, 0.15) is 11.5 Å². The summed E-state index contributed by atoms with van der Waals surface area (Å²) in [5, 5.41) is 21.0. The predicted molar refractivity (Wildman–Crippen MR) is 56.7 cm³/mol. The molecule has 0 amide bonds. The van der Waals surface area contributed by atoms with Gasteiger partial charge < -0.3 is 10.2 Å². The molecule has 72 valence electrons. The molecule has 0 bridgehead atoms. The van der Waals surface area contributed by atoms with Gasteiger partial charge in [0.25, 0.3) is 0 Å². The van der Waals surface area contributed by atoms with E-state index < -0.39 is 0 Å². The van der Waals surface area contributed by atoms with Crippen molar-refractivity contribution >= 4 is 10.8 Å². The lowest BCUT2D eigenvalue weighted by atomic mass is 10.0. The first-order chi connectivity index (χ1) is 6.74. The van der Waals surface area contributed by atoms with Gasteiger partial charge in [-0.2, -0.15) is 0 Å². The second kappa shape index (κ2) is 3.22. The molecule has 0 atom stereocenters. The lowest BCUT2D eigenvalue weighted by Gasteiger charge is -2.07. The summed E-state index contributed by atoms with van der Waals surface area (Å²) >= 11 is 0. The van der Waals surface area contributed by atoms with Crippen LogP contribution in [0.1, 0.15) is 12.5 Å². The van der Waals surface area contributed by atoms with Crippen LogP contribution < -0.4 is 0 Å². The Morgan fingerprint density at radius 1 is 1.07 bits per heavy atom. The van der Waals surface area contributed by atoms with Crippen molar-refractivity contribution in [2.75, 3.05) is 0 Å². The summed E-state index contributed by atoms with van der Waals surface area (Å²) in [6.45, 7) is 1.95. The fraction of sp³-hybridized carbons (Fsp3) is 0.167. The number of hydrogen-bond acceptors (Lipinski definition) is 2. The quantitative estimate of drug-likeness (QED) is 0.675. The van der Waals surface area contributed by atoms with Gasteiger partial charge >= 0.3 is 0 Å². The molecular weight excluding hydrogens is 176 g/mol.